The Bertz CT molecular complexity index is 828. The van der Waals surface area contributed by atoms with Crippen LogP contribution in [0, 0.1) is 3.57 Å². The number of halogens is 1. The fraction of sp³-hybridized carbons (Fsp3) is 0.444. The normalized spacial score (nSPS) is 24.9. The van der Waals surface area contributed by atoms with E-state index in [9.17, 15) is 19.2 Å². The van der Waals surface area contributed by atoms with Gasteiger partial charge in [0.05, 0.1) is 0 Å². The molecule has 152 valence electrons. The molecule has 2 aliphatic heterocycles. The van der Waals surface area contributed by atoms with Gasteiger partial charge in [0, 0.05) is 0 Å². The minimum atomic E-state index is -1.03. The minimum absolute atomic E-state index is 0.183. The summed E-state index contributed by atoms with van der Waals surface area (Å²) in [6.45, 7) is 5.10. The molecule has 2 heterocycles. The van der Waals surface area contributed by atoms with Crippen molar-refractivity contribution in [1.82, 2.24) is 10.2 Å². The molecule has 2 amide bonds. The second-order valence-corrected chi connectivity index (χ2v) is 11.4. The number of benzene rings is 1. The molecule has 0 aliphatic carbocycles. The predicted octanol–water partition coefficient (Wildman–Crippen LogP) is -1.82. The number of thioether (sulfide) groups is 1. The number of methoxy groups -OCH3 is 1. The number of carbonyl (C=O) groups is 4. The zero-order chi connectivity index (χ0) is 20.6. The van der Waals surface area contributed by atoms with Crippen molar-refractivity contribution in [2.75, 3.05) is 7.11 Å². The van der Waals surface area contributed by atoms with Crippen LogP contribution in [0.4, 0.5) is 4.79 Å². The van der Waals surface area contributed by atoms with Crippen molar-refractivity contribution in [1.29, 1.82) is 0 Å². The SMILES string of the molecule is COC(=O)[C@@H]1N2C(=O)[C@@H](NC(=O)[I-]c3ccc(OC(C)=O)cc3)C2SC1(C)C. The average molecular weight is 519 g/mol. The molecule has 1 aromatic carbocycles. The van der Waals surface area contributed by atoms with Crippen molar-refractivity contribution in [2.45, 2.75) is 43.0 Å². The molecule has 0 radical (unpaired) electrons. The topological polar surface area (TPSA) is 102 Å². The van der Waals surface area contributed by atoms with Crippen LogP contribution in [-0.2, 0) is 19.1 Å². The molecule has 0 spiro atoms. The van der Waals surface area contributed by atoms with Gasteiger partial charge in [-0.3, -0.25) is 0 Å². The Labute approximate surface area is 176 Å². The molecule has 0 saturated carbocycles. The Hall–Kier alpha value is -1.82. The van der Waals surface area contributed by atoms with E-state index in [1.165, 1.54) is 30.7 Å². The molecule has 2 fully saturated rings. The van der Waals surface area contributed by atoms with Crippen molar-refractivity contribution < 1.29 is 49.9 Å². The molecule has 2 aliphatic rings. The maximum absolute atomic E-state index is 12.6. The van der Waals surface area contributed by atoms with E-state index in [4.69, 9.17) is 9.47 Å². The molecule has 0 bridgehead atoms. The van der Waals surface area contributed by atoms with Gasteiger partial charge in [0.25, 0.3) is 0 Å². The van der Waals surface area contributed by atoms with E-state index in [2.05, 4.69) is 5.32 Å². The maximum atomic E-state index is 12.6. The van der Waals surface area contributed by atoms with Crippen LogP contribution in [0.2, 0.25) is 0 Å². The fourth-order valence-electron chi connectivity index (χ4n) is 3.22. The third kappa shape index (κ3) is 3.97. The van der Waals surface area contributed by atoms with E-state index in [0.717, 1.165) is 3.57 Å². The summed E-state index contributed by atoms with van der Waals surface area (Å²) in [5.74, 6) is -0.695. The van der Waals surface area contributed by atoms with Crippen LogP contribution >= 0.6 is 11.8 Å². The first kappa shape index (κ1) is 20.9. The molecule has 8 nitrogen and oxygen atoms in total. The number of nitrogens with one attached hydrogen (secondary N) is 1. The zero-order valence-corrected chi connectivity index (χ0v) is 18.7. The van der Waals surface area contributed by atoms with Crippen molar-refractivity contribution in [3.05, 3.63) is 27.8 Å². The number of rotatable bonds is 5. The molecule has 28 heavy (non-hydrogen) atoms. The molecule has 1 aromatic rings. The standard InChI is InChI=1S/C18H20IN2O6S/c1-9(22)27-11-7-5-10(6-8-11)19-17(25)20-12-14(23)21-13(16(24)26-4)18(2,3)28-15(12)21/h5-8,12-13,15H,1-4H3,(H,20,25)/q-1/t12-,13+,15?/m1/s1. The van der Waals surface area contributed by atoms with Crippen molar-refractivity contribution >= 4 is 33.5 Å². The molecular weight excluding hydrogens is 499 g/mol. The van der Waals surface area contributed by atoms with Gasteiger partial charge in [-0.05, 0) is 0 Å². The van der Waals surface area contributed by atoms with Gasteiger partial charge >= 0.3 is 177 Å². The van der Waals surface area contributed by atoms with Gasteiger partial charge in [0.2, 0.25) is 0 Å². The summed E-state index contributed by atoms with van der Waals surface area (Å²) in [6.07, 6.45) is 0. The van der Waals surface area contributed by atoms with Gasteiger partial charge in [-0.25, -0.2) is 0 Å². The number of β-lactam (4-membered cyclic amide) rings is 1. The first-order chi connectivity index (χ1) is 13.1. The van der Waals surface area contributed by atoms with Crippen LogP contribution in [0.15, 0.2) is 24.3 Å². The van der Waals surface area contributed by atoms with Crippen molar-refractivity contribution in [3.63, 3.8) is 0 Å². The van der Waals surface area contributed by atoms with Crippen LogP contribution in [0.3, 0.4) is 0 Å². The van der Waals surface area contributed by atoms with Crippen molar-refractivity contribution in [2.24, 2.45) is 0 Å². The molecule has 3 rings (SSSR count). The number of esters is 2. The zero-order valence-electron chi connectivity index (χ0n) is 15.7. The first-order valence-corrected chi connectivity index (χ1v) is 11.5. The number of ether oxygens (including phenoxy) is 2. The predicted molar refractivity (Wildman–Crippen MR) is 96.9 cm³/mol. The fourth-order valence-corrected chi connectivity index (χ4v) is 6.62. The van der Waals surface area contributed by atoms with Crippen LogP contribution in [0.5, 0.6) is 5.75 Å². The average Bonchev–Trinajstić information content (AvgIpc) is 2.88. The number of hydrogen-bond donors (Lipinski definition) is 1. The quantitative estimate of drug-likeness (QED) is 0.122. The summed E-state index contributed by atoms with van der Waals surface area (Å²) in [5, 5.41) is 2.54. The number of hydrogen-bond acceptors (Lipinski definition) is 7. The molecule has 1 N–H and O–H groups in total. The van der Waals surface area contributed by atoms with Crippen LogP contribution < -0.4 is 31.3 Å². The Balaban J connectivity index is 1.61. The van der Waals surface area contributed by atoms with Crippen LogP contribution in [0.1, 0.15) is 20.8 Å². The summed E-state index contributed by atoms with van der Waals surface area (Å²) in [7, 11) is 1.30. The van der Waals surface area contributed by atoms with Gasteiger partial charge in [0.1, 0.15) is 0 Å². The third-order valence-corrected chi connectivity index (χ3v) is 8.12. The first-order valence-electron chi connectivity index (χ1n) is 8.45. The monoisotopic (exact) mass is 519 g/mol. The van der Waals surface area contributed by atoms with E-state index in [1.807, 2.05) is 13.8 Å². The van der Waals surface area contributed by atoms with E-state index < -0.39 is 50.0 Å². The van der Waals surface area contributed by atoms with Gasteiger partial charge in [0.15, 0.2) is 0 Å². The van der Waals surface area contributed by atoms with Gasteiger partial charge in [-0.2, -0.15) is 0 Å². The van der Waals surface area contributed by atoms with Gasteiger partial charge < -0.3 is 0 Å². The summed E-state index contributed by atoms with van der Waals surface area (Å²) < 4.78 is 9.97. The molecule has 10 heteroatoms. The second kappa shape index (κ2) is 7.90. The molecular formula is C18H20IN2O6S-. The molecule has 0 aromatic heterocycles. The second-order valence-electron chi connectivity index (χ2n) is 6.82. The third-order valence-electron chi connectivity index (χ3n) is 4.40. The van der Waals surface area contributed by atoms with E-state index in [1.54, 1.807) is 24.3 Å². The van der Waals surface area contributed by atoms with Gasteiger partial charge in [-0.1, -0.05) is 0 Å². The Morgan fingerprint density at radius 1 is 1.21 bits per heavy atom. The summed E-state index contributed by atoms with van der Waals surface area (Å²) in [5.41, 5.74) is 0. The Kier molecular flexibility index (Phi) is 5.89. The molecule has 2 saturated heterocycles. The number of carbonyl (C=O) groups excluding carboxylic acids is 4. The molecule has 1 unspecified atom stereocenters. The summed E-state index contributed by atoms with van der Waals surface area (Å²) >= 11 is 0.463. The van der Waals surface area contributed by atoms with Crippen LogP contribution in [-0.4, -0.2) is 56.0 Å². The number of nitrogens with zero attached hydrogens (tertiary/aromatic N) is 1. The van der Waals surface area contributed by atoms with Gasteiger partial charge in [-0.15, -0.1) is 0 Å². The number of amides is 2. The molecule has 3 atom stereocenters. The summed E-state index contributed by atoms with van der Waals surface area (Å²) in [6, 6.07) is 5.46. The number of fused-ring (bicyclic) bond motifs is 1. The van der Waals surface area contributed by atoms with Crippen molar-refractivity contribution in [3.8, 4) is 5.75 Å². The van der Waals surface area contributed by atoms with E-state index in [-0.39, 0.29) is 15.2 Å². The Morgan fingerprint density at radius 2 is 1.86 bits per heavy atom. The van der Waals surface area contributed by atoms with E-state index >= 15 is 0 Å². The Morgan fingerprint density at radius 3 is 2.43 bits per heavy atom. The van der Waals surface area contributed by atoms with Crippen LogP contribution in [0.25, 0.3) is 0 Å². The van der Waals surface area contributed by atoms with E-state index in [0.29, 0.717) is 5.75 Å². The summed E-state index contributed by atoms with van der Waals surface area (Å²) in [4.78, 5) is 49.5.